The lowest BCUT2D eigenvalue weighted by atomic mass is 9.86. The number of carbonyl (C=O) groups is 3. The number of benzene rings is 3. The van der Waals surface area contributed by atoms with Crippen molar-refractivity contribution in [3.8, 4) is 0 Å². The third kappa shape index (κ3) is 6.62. The number of aryl methyl sites for hydroxylation is 1. The quantitative estimate of drug-likeness (QED) is 0.351. The predicted octanol–water partition coefficient (Wildman–Crippen LogP) is 5.40. The van der Waals surface area contributed by atoms with Crippen molar-refractivity contribution in [1.82, 2.24) is 10.2 Å². The number of fused-ring (bicyclic) bond motifs is 1. The number of nitrogens with zero attached hydrogens (tertiary/aromatic N) is 1. The monoisotopic (exact) mass is 545 g/mol. The Morgan fingerprint density at radius 2 is 1.70 bits per heavy atom. The summed E-state index contributed by atoms with van der Waals surface area (Å²) < 4.78 is 5.33. The Morgan fingerprint density at radius 3 is 2.33 bits per heavy atom. The van der Waals surface area contributed by atoms with Crippen LogP contribution >= 0.6 is 0 Å². The van der Waals surface area contributed by atoms with E-state index in [0.29, 0.717) is 11.3 Å². The van der Waals surface area contributed by atoms with Gasteiger partial charge in [-0.05, 0) is 93.5 Å². The highest BCUT2D eigenvalue weighted by Gasteiger charge is 2.42. The molecule has 0 aromatic heterocycles. The fourth-order valence-electron chi connectivity index (χ4n) is 4.96. The predicted molar refractivity (Wildman–Crippen MR) is 156 cm³/mol. The van der Waals surface area contributed by atoms with E-state index in [4.69, 9.17) is 4.74 Å². The Kier molecular flexibility index (Phi) is 8.79. The first-order valence-electron chi connectivity index (χ1n) is 13.8. The summed E-state index contributed by atoms with van der Waals surface area (Å²) in [6.07, 6.45) is 1.56. The van der Waals surface area contributed by atoms with Gasteiger partial charge in [0.1, 0.15) is 17.7 Å². The van der Waals surface area contributed by atoms with E-state index in [9.17, 15) is 19.5 Å². The van der Waals surface area contributed by atoms with E-state index in [0.717, 1.165) is 41.2 Å². The number of hydrogen-bond donors (Lipinski definition) is 3. The van der Waals surface area contributed by atoms with Crippen LogP contribution in [0.3, 0.4) is 0 Å². The van der Waals surface area contributed by atoms with Gasteiger partial charge < -0.3 is 25.4 Å². The van der Waals surface area contributed by atoms with Crippen molar-refractivity contribution in [3.63, 3.8) is 0 Å². The third-order valence-electron chi connectivity index (χ3n) is 7.38. The average Bonchev–Trinajstić information content (AvgIpc) is 2.86. The second-order valence-corrected chi connectivity index (χ2v) is 11.5. The van der Waals surface area contributed by atoms with Crippen LogP contribution in [0.2, 0.25) is 0 Å². The lowest BCUT2D eigenvalue weighted by molar-refractivity contribution is -0.146. The number of hydrogen-bond acceptors (Lipinski definition) is 5. The molecule has 0 aliphatic heterocycles. The maximum atomic E-state index is 14.1. The number of ether oxygens (including phenoxy) is 1. The Balaban J connectivity index is 1.72. The Morgan fingerprint density at radius 1 is 1.00 bits per heavy atom. The van der Waals surface area contributed by atoms with E-state index in [1.54, 1.807) is 25.7 Å². The molecule has 2 atom stereocenters. The van der Waals surface area contributed by atoms with Crippen molar-refractivity contribution in [3.05, 3.63) is 77.4 Å². The molecule has 3 aromatic carbocycles. The van der Waals surface area contributed by atoms with Crippen LogP contribution in [0.5, 0.6) is 0 Å². The lowest BCUT2D eigenvalue weighted by Gasteiger charge is -2.43. The van der Waals surface area contributed by atoms with Crippen molar-refractivity contribution in [2.24, 2.45) is 0 Å². The van der Waals surface area contributed by atoms with Crippen molar-refractivity contribution in [2.75, 3.05) is 11.9 Å². The van der Waals surface area contributed by atoms with Crippen molar-refractivity contribution in [2.45, 2.75) is 77.6 Å². The zero-order valence-electron chi connectivity index (χ0n) is 23.9. The molecule has 0 radical (unpaired) electrons. The van der Waals surface area contributed by atoms with Crippen LogP contribution in [0.15, 0.2) is 60.7 Å². The standard InChI is InChI=1S/C32H39N3O5/c1-20-10-8-15-26(21(20)2)28(29(37)33-24-17-16-22-11-6-7-12-23(22)18-24)35(25-13-9-14-25)30(38)27(19-36)34-31(39)40-32(3,4)5/h6-8,10-12,15-18,25,27-28,36H,9,13-14,19H2,1-5H3,(H,33,37)(H,34,39). The second-order valence-electron chi connectivity index (χ2n) is 11.5. The summed E-state index contributed by atoms with van der Waals surface area (Å²) in [5.74, 6) is -0.893. The number of aliphatic hydroxyl groups is 1. The molecule has 3 aromatic rings. The van der Waals surface area contributed by atoms with Crippen molar-refractivity contribution >= 4 is 34.4 Å². The van der Waals surface area contributed by atoms with E-state index in [2.05, 4.69) is 10.6 Å². The minimum atomic E-state index is -1.27. The van der Waals surface area contributed by atoms with Crippen LogP contribution in [0.4, 0.5) is 10.5 Å². The SMILES string of the molecule is Cc1cccc(C(C(=O)Nc2ccc3ccccc3c2)N(C(=O)C(CO)NC(=O)OC(C)(C)C)C2CCC2)c1C. The first-order chi connectivity index (χ1) is 19.0. The minimum absolute atomic E-state index is 0.214. The van der Waals surface area contributed by atoms with E-state index < -0.39 is 36.3 Å². The molecule has 8 heteroatoms. The molecule has 0 saturated heterocycles. The number of alkyl carbamates (subject to hydrolysis) is 1. The van der Waals surface area contributed by atoms with E-state index in [-0.39, 0.29) is 11.9 Å². The molecular weight excluding hydrogens is 506 g/mol. The summed E-state index contributed by atoms with van der Waals surface area (Å²) in [5, 5.41) is 17.8. The zero-order valence-corrected chi connectivity index (χ0v) is 23.9. The van der Waals surface area contributed by atoms with E-state index in [1.165, 1.54) is 0 Å². The molecule has 3 N–H and O–H groups in total. The van der Waals surface area contributed by atoms with Gasteiger partial charge in [-0.1, -0.05) is 48.5 Å². The molecule has 1 fully saturated rings. The Bertz CT molecular complexity index is 1390. The number of rotatable bonds is 8. The summed E-state index contributed by atoms with van der Waals surface area (Å²) in [5.41, 5.74) is 2.44. The maximum absolute atomic E-state index is 14.1. The van der Waals surface area contributed by atoms with Crippen LogP contribution < -0.4 is 10.6 Å². The van der Waals surface area contributed by atoms with Crippen LogP contribution in [0.25, 0.3) is 10.8 Å². The molecule has 0 bridgehead atoms. The average molecular weight is 546 g/mol. The molecule has 8 nitrogen and oxygen atoms in total. The summed E-state index contributed by atoms with van der Waals surface area (Å²) in [4.78, 5) is 42.3. The van der Waals surface area contributed by atoms with Gasteiger partial charge in [-0.25, -0.2) is 4.79 Å². The molecular formula is C32H39N3O5. The van der Waals surface area contributed by atoms with Gasteiger partial charge in [0.05, 0.1) is 6.61 Å². The van der Waals surface area contributed by atoms with Gasteiger partial charge in [0, 0.05) is 11.7 Å². The first-order valence-corrected chi connectivity index (χ1v) is 13.8. The molecule has 0 heterocycles. The molecule has 1 aliphatic rings. The van der Waals surface area contributed by atoms with Gasteiger partial charge in [0.2, 0.25) is 5.91 Å². The van der Waals surface area contributed by atoms with Gasteiger partial charge >= 0.3 is 6.09 Å². The maximum Gasteiger partial charge on any atom is 0.408 e. The molecule has 1 saturated carbocycles. The Labute approximate surface area is 235 Å². The molecule has 0 spiro atoms. The van der Waals surface area contributed by atoms with Gasteiger partial charge in [-0.2, -0.15) is 0 Å². The first kappa shape index (κ1) is 29.1. The summed E-state index contributed by atoms with van der Waals surface area (Å²) in [7, 11) is 0. The largest absolute Gasteiger partial charge is 0.444 e. The fraction of sp³-hybridized carbons (Fsp3) is 0.406. The van der Waals surface area contributed by atoms with Crippen molar-refractivity contribution in [1.29, 1.82) is 0 Å². The summed E-state index contributed by atoms with van der Waals surface area (Å²) in [6, 6.07) is 16.8. The minimum Gasteiger partial charge on any atom is -0.444 e. The number of nitrogens with one attached hydrogen (secondary N) is 2. The normalized spacial score (nSPS) is 15.1. The van der Waals surface area contributed by atoms with Gasteiger partial charge in [-0.15, -0.1) is 0 Å². The highest BCUT2D eigenvalue weighted by molar-refractivity contribution is 6.00. The molecule has 40 heavy (non-hydrogen) atoms. The van der Waals surface area contributed by atoms with Gasteiger partial charge in [0.15, 0.2) is 0 Å². The second kappa shape index (κ2) is 12.1. The lowest BCUT2D eigenvalue weighted by Crippen LogP contribution is -2.58. The summed E-state index contributed by atoms with van der Waals surface area (Å²) in [6.45, 7) is 8.43. The molecule has 212 valence electrons. The number of aliphatic hydroxyl groups excluding tert-OH is 1. The molecule has 4 rings (SSSR count). The van der Waals surface area contributed by atoms with Crippen LogP contribution in [-0.2, 0) is 14.3 Å². The fourth-order valence-corrected chi connectivity index (χ4v) is 4.96. The van der Waals surface area contributed by atoms with Crippen molar-refractivity contribution < 1.29 is 24.2 Å². The molecule has 1 aliphatic carbocycles. The van der Waals surface area contributed by atoms with Crippen LogP contribution in [0.1, 0.15) is 62.8 Å². The number of amides is 3. The van der Waals surface area contributed by atoms with E-state index >= 15 is 0 Å². The van der Waals surface area contributed by atoms with Gasteiger partial charge in [0.25, 0.3) is 5.91 Å². The number of carbonyl (C=O) groups excluding carboxylic acids is 3. The molecule has 3 amide bonds. The van der Waals surface area contributed by atoms with E-state index in [1.807, 2.05) is 74.5 Å². The topological polar surface area (TPSA) is 108 Å². The highest BCUT2D eigenvalue weighted by Crippen LogP contribution is 2.36. The smallest absolute Gasteiger partial charge is 0.408 e. The molecule has 2 unspecified atom stereocenters. The van der Waals surface area contributed by atoms with Crippen LogP contribution in [0, 0.1) is 13.8 Å². The van der Waals surface area contributed by atoms with Gasteiger partial charge in [-0.3, -0.25) is 9.59 Å². The summed E-state index contributed by atoms with van der Waals surface area (Å²) >= 11 is 0. The Hall–Kier alpha value is -3.91. The number of anilines is 1. The van der Waals surface area contributed by atoms with Crippen LogP contribution in [-0.4, -0.2) is 52.2 Å². The zero-order chi connectivity index (χ0) is 29.0. The third-order valence-corrected chi connectivity index (χ3v) is 7.38. The highest BCUT2D eigenvalue weighted by atomic mass is 16.6.